The highest BCUT2D eigenvalue weighted by Crippen LogP contribution is 2.23. The number of halogens is 1. The molecule has 0 bridgehead atoms. The molecule has 0 atom stereocenters. The lowest BCUT2D eigenvalue weighted by atomic mass is 10.0. The fraction of sp³-hybridized carbons (Fsp3) is 0.346. The van der Waals surface area contributed by atoms with Crippen LogP contribution in [0.2, 0.25) is 0 Å². The molecule has 1 heterocycles. The molecule has 0 saturated heterocycles. The molecule has 1 aromatic heterocycles. The van der Waals surface area contributed by atoms with Crippen LogP contribution in [0.5, 0.6) is 0 Å². The molecule has 0 fully saturated rings. The van der Waals surface area contributed by atoms with Crippen molar-refractivity contribution in [3.63, 3.8) is 0 Å². The quantitative estimate of drug-likeness (QED) is 0.495. The Morgan fingerprint density at radius 2 is 1.81 bits per heavy atom. The number of aryl methyl sites for hydroxylation is 3. The van der Waals surface area contributed by atoms with Gasteiger partial charge in [-0.1, -0.05) is 12.1 Å². The molecule has 0 radical (unpaired) electrons. The lowest BCUT2D eigenvalue weighted by molar-refractivity contribution is -0.129. The number of fused-ring (bicyclic) bond motifs is 1. The molecule has 32 heavy (non-hydrogen) atoms. The predicted octanol–water partition coefficient (Wildman–Crippen LogP) is 4.76. The van der Waals surface area contributed by atoms with Crippen LogP contribution in [0.1, 0.15) is 52.9 Å². The van der Waals surface area contributed by atoms with Crippen molar-refractivity contribution in [1.29, 1.82) is 0 Å². The minimum Gasteiger partial charge on any atom is -0.346 e. The number of nitrogens with zero attached hydrogens (tertiary/aromatic N) is 2. The Bertz CT molecular complexity index is 1100. The minimum atomic E-state index is -0.272. The molecule has 0 unspecified atom stereocenters. The zero-order chi connectivity index (χ0) is 22.5. The number of amides is 1. The van der Waals surface area contributed by atoms with Crippen molar-refractivity contribution in [1.82, 2.24) is 15.1 Å². The third-order valence-corrected chi connectivity index (χ3v) is 6.12. The number of ketones is 1. The van der Waals surface area contributed by atoms with Gasteiger partial charge in [-0.15, -0.1) is 0 Å². The van der Waals surface area contributed by atoms with Gasteiger partial charge in [0.15, 0.2) is 5.78 Å². The van der Waals surface area contributed by atoms with Gasteiger partial charge >= 0.3 is 0 Å². The summed E-state index contributed by atoms with van der Waals surface area (Å²) in [5.41, 5.74) is 5.94. The number of nitrogens with one attached hydrogen (secondary N) is 1. The van der Waals surface area contributed by atoms with Crippen LogP contribution in [0.15, 0.2) is 48.5 Å². The molecule has 4 rings (SSSR count). The van der Waals surface area contributed by atoms with E-state index in [0.29, 0.717) is 6.54 Å². The molecule has 3 aromatic rings. The van der Waals surface area contributed by atoms with Gasteiger partial charge in [0.1, 0.15) is 5.82 Å². The summed E-state index contributed by atoms with van der Waals surface area (Å²) in [6, 6.07) is 14.1. The van der Waals surface area contributed by atoms with Gasteiger partial charge in [0.25, 0.3) is 0 Å². The van der Waals surface area contributed by atoms with Gasteiger partial charge < -0.3 is 4.90 Å². The number of carbonyl (C=O) groups is 2. The van der Waals surface area contributed by atoms with Gasteiger partial charge in [-0.05, 0) is 79.6 Å². The Labute approximate surface area is 187 Å². The number of carbonyl (C=O) groups excluding carboxylic acids is 2. The van der Waals surface area contributed by atoms with E-state index in [2.05, 4.69) is 16.3 Å². The van der Waals surface area contributed by atoms with Crippen molar-refractivity contribution in [2.45, 2.75) is 44.9 Å². The number of rotatable bonds is 9. The molecular weight excluding hydrogens is 405 g/mol. The number of hydrogen-bond acceptors (Lipinski definition) is 3. The van der Waals surface area contributed by atoms with Crippen LogP contribution in [-0.4, -0.2) is 40.4 Å². The van der Waals surface area contributed by atoms with Crippen LogP contribution in [0.4, 0.5) is 4.39 Å². The van der Waals surface area contributed by atoms with Gasteiger partial charge in [-0.3, -0.25) is 14.7 Å². The highest BCUT2D eigenvalue weighted by atomic mass is 19.1. The monoisotopic (exact) mass is 433 g/mol. The zero-order valence-electron chi connectivity index (χ0n) is 18.4. The summed E-state index contributed by atoms with van der Waals surface area (Å²) in [4.78, 5) is 26.6. The van der Waals surface area contributed by atoms with Crippen molar-refractivity contribution in [3.8, 4) is 11.3 Å². The summed E-state index contributed by atoms with van der Waals surface area (Å²) in [5.74, 6) is -0.255. The Hall–Kier alpha value is -3.28. The van der Waals surface area contributed by atoms with E-state index in [1.165, 1.54) is 23.3 Å². The Morgan fingerprint density at radius 1 is 1.03 bits per heavy atom. The van der Waals surface area contributed by atoms with E-state index >= 15 is 0 Å². The number of aromatic nitrogens is 2. The van der Waals surface area contributed by atoms with Crippen LogP contribution < -0.4 is 0 Å². The molecule has 1 N–H and O–H groups in total. The fourth-order valence-electron chi connectivity index (χ4n) is 4.19. The summed E-state index contributed by atoms with van der Waals surface area (Å²) in [6.07, 6.45) is 5.29. The lowest BCUT2D eigenvalue weighted by Crippen LogP contribution is -2.28. The number of Topliss-reactive ketones (excluding diaryl/α,β-unsaturated/α-hetero) is 1. The summed E-state index contributed by atoms with van der Waals surface area (Å²) in [5, 5.41) is 7.29. The molecule has 2 aromatic carbocycles. The first-order chi connectivity index (χ1) is 15.5. The maximum absolute atomic E-state index is 13.1. The maximum atomic E-state index is 13.1. The zero-order valence-corrected chi connectivity index (χ0v) is 18.4. The Kier molecular flexibility index (Phi) is 6.78. The number of benzene rings is 2. The molecule has 0 spiro atoms. The highest BCUT2D eigenvalue weighted by molar-refractivity contribution is 5.98. The molecular formula is C26H28FN3O2. The fourth-order valence-corrected chi connectivity index (χ4v) is 4.19. The summed E-state index contributed by atoms with van der Waals surface area (Å²) >= 11 is 0. The normalized spacial score (nSPS) is 12.6. The van der Waals surface area contributed by atoms with E-state index in [9.17, 15) is 14.0 Å². The van der Waals surface area contributed by atoms with E-state index in [1.807, 2.05) is 18.2 Å². The van der Waals surface area contributed by atoms with Gasteiger partial charge in [0.2, 0.25) is 5.91 Å². The van der Waals surface area contributed by atoms with Crippen LogP contribution in [0.3, 0.4) is 0 Å². The van der Waals surface area contributed by atoms with E-state index in [1.54, 1.807) is 24.1 Å². The van der Waals surface area contributed by atoms with Crippen LogP contribution in [-0.2, 0) is 24.1 Å². The van der Waals surface area contributed by atoms with Gasteiger partial charge in [-0.25, -0.2) is 4.39 Å². The van der Waals surface area contributed by atoms with E-state index in [4.69, 9.17) is 0 Å². The standard InChI is InChI=1S/C26H28FN3O2/c1-30(15-3-6-23-17-24(29-28-23)19-9-11-22(27)12-10-19)26(32)14-13-25(31)21-8-7-18-4-2-5-20(18)16-21/h7-12,16-17H,2-6,13-15H2,1H3,(H,28,29). The SMILES string of the molecule is CN(CCCc1cc(-c2ccc(F)cc2)n[nH]1)C(=O)CCC(=O)c1ccc2c(c1)CCC2. The molecule has 166 valence electrons. The topological polar surface area (TPSA) is 66.1 Å². The summed E-state index contributed by atoms with van der Waals surface area (Å²) in [6.45, 7) is 0.608. The van der Waals surface area contributed by atoms with Crippen molar-refractivity contribution >= 4 is 11.7 Å². The molecule has 1 aliphatic carbocycles. The highest BCUT2D eigenvalue weighted by Gasteiger charge is 2.16. The largest absolute Gasteiger partial charge is 0.346 e. The Morgan fingerprint density at radius 3 is 2.62 bits per heavy atom. The van der Waals surface area contributed by atoms with Gasteiger partial charge in [0.05, 0.1) is 5.69 Å². The molecule has 5 nitrogen and oxygen atoms in total. The second-order valence-electron chi connectivity index (χ2n) is 8.46. The van der Waals surface area contributed by atoms with E-state index in [-0.39, 0.29) is 30.3 Å². The first kappa shape index (κ1) is 21.9. The molecule has 1 aliphatic rings. The number of hydrogen-bond donors (Lipinski definition) is 1. The van der Waals surface area contributed by atoms with Crippen LogP contribution in [0.25, 0.3) is 11.3 Å². The molecule has 0 aliphatic heterocycles. The smallest absolute Gasteiger partial charge is 0.222 e. The maximum Gasteiger partial charge on any atom is 0.222 e. The average Bonchev–Trinajstić information content (AvgIpc) is 3.46. The predicted molar refractivity (Wildman–Crippen MR) is 122 cm³/mol. The van der Waals surface area contributed by atoms with Gasteiger partial charge in [-0.2, -0.15) is 5.10 Å². The second-order valence-corrected chi connectivity index (χ2v) is 8.46. The Balaban J connectivity index is 1.20. The van der Waals surface area contributed by atoms with Crippen molar-refractivity contribution in [2.75, 3.05) is 13.6 Å². The van der Waals surface area contributed by atoms with E-state index < -0.39 is 0 Å². The second kappa shape index (κ2) is 9.90. The third kappa shape index (κ3) is 5.31. The van der Waals surface area contributed by atoms with Crippen molar-refractivity contribution in [3.05, 3.63) is 76.7 Å². The number of aromatic amines is 1. The first-order valence-corrected chi connectivity index (χ1v) is 11.2. The van der Waals surface area contributed by atoms with Crippen molar-refractivity contribution in [2.24, 2.45) is 0 Å². The van der Waals surface area contributed by atoms with E-state index in [0.717, 1.165) is 54.6 Å². The lowest BCUT2D eigenvalue weighted by Gasteiger charge is -2.16. The third-order valence-electron chi connectivity index (χ3n) is 6.12. The molecule has 1 amide bonds. The van der Waals surface area contributed by atoms with Crippen LogP contribution >= 0.6 is 0 Å². The molecule has 0 saturated carbocycles. The summed E-state index contributed by atoms with van der Waals surface area (Å²) in [7, 11) is 1.78. The average molecular weight is 434 g/mol. The minimum absolute atomic E-state index is 0.0175. The first-order valence-electron chi connectivity index (χ1n) is 11.2. The van der Waals surface area contributed by atoms with Gasteiger partial charge in [0, 0.05) is 43.3 Å². The van der Waals surface area contributed by atoms with Crippen molar-refractivity contribution < 1.29 is 14.0 Å². The number of H-pyrrole nitrogens is 1. The van der Waals surface area contributed by atoms with Crippen LogP contribution in [0, 0.1) is 5.82 Å². The molecule has 6 heteroatoms. The summed E-state index contributed by atoms with van der Waals surface area (Å²) < 4.78 is 13.1.